The summed E-state index contributed by atoms with van der Waals surface area (Å²) >= 11 is 0. The number of fused-ring (bicyclic) bond motifs is 1. The number of nitrogens with one attached hydrogen (secondary N) is 2. The van der Waals surface area contributed by atoms with Crippen molar-refractivity contribution in [3.63, 3.8) is 0 Å². The first kappa shape index (κ1) is 16.8. The number of anilines is 1. The van der Waals surface area contributed by atoms with Gasteiger partial charge in [-0.05, 0) is 25.0 Å². The number of hydrogen-bond acceptors (Lipinski definition) is 5. The Balaban J connectivity index is 1.95. The number of nitriles is 1. The maximum Gasteiger partial charge on any atom is 0.586 e. The minimum atomic E-state index is -3.68. The van der Waals surface area contributed by atoms with Crippen LogP contribution in [0.15, 0.2) is 18.2 Å². The van der Waals surface area contributed by atoms with Crippen molar-refractivity contribution < 1.29 is 23.0 Å². The van der Waals surface area contributed by atoms with E-state index in [9.17, 15) is 13.6 Å². The fraction of sp³-hybridized carbons (Fsp3) is 0.467. The van der Waals surface area contributed by atoms with Crippen molar-refractivity contribution in [1.29, 1.82) is 5.26 Å². The van der Waals surface area contributed by atoms with Gasteiger partial charge < -0.3 is 20.1 Å². The molecule has 0 aromatic heterocycles. The van der Waals surface area contributed by atoms with Crippen LogP contribution in [0.1, 0.15) is 20.8 Å². The number of carbonyl (C=O) groups is 1. The van der Waals surface area contributed by atoms with E-state index in [1.165, 1.54) is 18.2 Å². The van der Waals surface area contributed by atoms with Gasteiger partial charge in [-0.3, -0.25) is 4.79 Å². The lowest BCUT2D eigenvalue weighted by Gasteiger charge is -2.27. The average Bonchev–Trinajstić information content (AvgIpc) is 2.77. The summed E-state index contributed by atoms with van der Waals surface area (Å²) in [5, 5.41) is 14.6. The molecule has 1 atom stereocenters. The number of ether oxygens (including phenoxy) is 2. The highest BCUT2D eigenvalue weighted by Crippen LogP contribution is 2.42. The van der Waals surface area contributed by atoms with Gasteiger partial charge in [0.05, 0.1) is 12.6 Å². The second-order valence-electron chi connectivity index (χ2n) is 5.70. The predicted octanol–water partition coefficient (Wildman–Crippen LogP) is 2.47. The third-order valence-corrected chi connectivity index (χ3v) is 3.64. The summed E-state index contributed by atoms with van der Waals surface area (Å²) < 4.78 is 34.5. The number of benzene rings is 1. The first-order valence-corrected chi connectivity index (χ1v) is 7.01. The van der Waals surface area contributed by atoms with Crippen LogP contribution >= 0.6 is 0 Å². The van der Waals surface area contributed by atoms with Gasteiger partial charge in [0.2, 0.25) is 5.91 Å². The molecular formula is C15H17F2N3O3. The van der Waals surface area contributed by atoms with E-state index >= 15 is 0 Å². The van der Waals surface area contributed by atoms with Crippen LogP contribution in [0.25, 0.3) is 0 Å². The maximum absolute atomic E-state index is 12.9. The molecule has 1 heterocycles. The van der Waals surface area contributed by atoms with Gasteiger partial charge in [-0.2, -0.15) is 5.26 Å². The highest BCUT2D eigenvalue weighted by molar-refractivity contribution is 5.82. The van der Waals surface area contributed by atoms with E-state index in [0.717, 1.165) is 0 Å². The molecule has 0 bridgehead atoms. The Kier molecular flexibility index (Phi) is 4.32. The van der Waals surface area contributed by atoms with Gasteiger partial charge in [0.1, 0.15) is 5.54 Å². The average molecular weight is 325 g/mol. The number of amides is 1. The molecule has 2 rings (SSSR count). The molecule has 0 radical (unpaired) electrons. The Labute approximate surface area is 132 Å². The summed E-state index contributed by atoms with van der Waals surface area (Å²) in [4.78, 5) is 11.9. The van der Waals surface area contributed by atoms with E-state index < -0.39 is 11.8 Å². The third-order valence-electron chi connectivity index (χ3n) is 3.64. The lowest BCUT2D eigenvalue weighted by Crippen LogP contribution is -2.50. The summed E-state index contributed by atoms with van der Waals surface area (Å²) in [5.41, 5.74) is -0.557. The molecule has 0 aliphatic carbocycles. The second-order valence-corrected chi connectivity index (χ2v) is 5.70. The van der Waals surface area contributed by atoms with Crippen LogP contribution in [-0.4, -0.2) is 24.3 Å². The number of hydrogen-bond donors (Lipinski definition) is 2. The molecule has 2 N–H and O–H groups in total. The van der Waals surface area contributed by atoms with Gasteiger partial charge in [0.15, 0.2) is 11.5 Å². The van der Waals surface area contributed by atoms with Crippen molar-refractivity contribution in [2.45, 2.75) is 32.6 Å². The molecule has 0 unspecified atom stereocenters. The van der Waals surface area contributed by atoms with Crippen molar-refractivity contribution in [3.8, 4) is 17.6 Å². The highest BCUT2D eigenvalue weighted by Gasteiger charge is 2.43. The van der Waals surface area contributed by atoms with Crippen molar-refractivity contribution in [1.82, 2.24) is 5.32 Å². The zero-order valence-electron chi connectivity index (χ0n) is 12.9. The lowest BCUT2D eigenvalue weighted by atomic mass is 9.90. The summed E-state index contributed by atoms with van der Waals surface area (Å²) in [7, 11) is 0. The Morgan fingerprint density at radius 2 is 2.04 bits per heavy atom. The van der Waals surface area contributed by atoms with Crippen LogP contribution in [0.3, 0.4) is 0 Å². The zero-order chi connectivity index (χ0) is 17.3. The fourth-order valence-electron chi connectivity index (χ4n) is 1.88. The molecule has 8 heteroatoms. The smallest absolute Gasteiger partial charge is 0.395 e. The third kappa shape index (κ3) is 3.80. The fourth-order valence-corrected chi connectivity index (χ4v) is 1.88. The minimum absolute atomic E-state index is 0.0655. The van der Waals surface area contributed by atoms with E-state index in [0.29, 0.717) is 5.69 Å². The van der Waals surface area contributed by atoms with Crippen molar-refractivity contribution in [2.75, 3.05) is 11.9 Å². The first-order chi connectivity index (χ1) is 10.6. The van der Waals surface area contributed by atoms with Crippen LogP contribution in [0.4, 0.5) is 14.5 Å². The van der Waals surface area contributed by atoms with Gasteiger partial charge in [0.25, 0.3) is 0 Å². The van der Waals surface area contributed by atoms with E-state index in [4.69, 9.17) is 5.26 Å². The van der Waals surface area contributed by atoms with Crippen molar-refractivity contribution >= 4 is 11.6 Å². The molecule has 0 fully saturated rings. The SMILES string of the molecule is CC(C)[C@](C)(C#N)NC(=O)CNc1ccc2c(c1)OC(F)(F)O2. The van der Waals surface area contributed by atoms with Gasteiger partial charge in [-0.25, -0.2) is 0 Å². The Morgan fingerprint density at radius 3 is 2.65 bits per heavy atom. The van der Waals surface area contributed by atoms with Crippen molar-refractivity contribution in [3.05, 3.63) is 18.2 Å². The molecule has 23 heavy (non-hydrogen) atoms. The monoisotopic (exact) mass is 325 g/mol. The number of alkyl halides is 2. The summed E-state index contributed by atoms with van der Waals surface area (Å²) in [6.45, 7) is 5.18. The molecule has 0 spiro atoms. The quantitative estimate of drug-likeness (QED) is 0.869. The van der Waals surface area contributed by atoms with Crippen LogP contribution in [-0.2, 0) is 4.79 Å². The van der Waals surface area contributed by atoms with E-state index in [-0.39, 0.29) is 29.9 Å². The van der Waals surface area contributed by atoms with Crippen LogP contribution in [0, 0.1) is 17.2 Å². The molecule has 0 saturated carbocycles. The molecule has 1 aromatic carbocycles. The molecular weight excluding hydrogens is 308 g/mol. The Bertz CT molecular complexity index is 658. The first-order valence-electron chi connectivity index (χ1n) is 7.01. The van der Waals surface area contributed by atoms with Crippen LogP contribution < -0.4 is 20.1 Å². The summed E-state index contributed by atoms with van der Waals surface area (Å²) in [6.07, 6.45) is -3.68. The molecule has 1 aromatic rings. The Morgan fingerprint density at radius 1 is 1.39 bits per heavy atom. The normalized spacial score (nSPS) is 17.3. The molecule has 0 saturated heterocycles. The van der Waals surface area contributed by atoms with Gasteiger partial charge >= 0.3 is 6.29 Å². The molecule has 1 amide bonds. The van der Waals surface area contributed by atoms with E-state index in [2.05, 4.69) is 26.2 Å². The van der Waals surface area contributed by atoms with E-state index in [1.54, 1.807) is 6.92 Å². The van der Waals surface area contributed by atoms with Gasteiger partial charge in [0, 0.05) is 11.8 Å². The minimum Gasteiger partial charge on any atom is -0.395 e. The number of halogens is 2. The van der Waals surface area contributed by atoms with Gasteiger partial charge in [-0.1, -0.05) is 13.8 Å². The number of nitrogens with zero attached hydrogens (tertiary/aromatic N) is 1. The Hall–Kier alpha value is -2.56. The second kappa shape index (κ2) is 5.91. The lowest BCUT2D eigenvalue weighted by molar-refractivity contribution is -0.286. The van der Waals surface area contributed by atoms with Gasteiger partial charge in [-0.15, -0.1) is 8.78 Å². The zero-order valence-corrected chi connectivity index (χ0v) is 12.9. The van der Waals surface area contributed by atoms with Crippen molar-refractivity contribution in [2.24, 2.45) is 5.92 Å². The molecule has 6 nitrogen and oxygen atoms in total. The highest BCUT2D eigenvalue weighted by atomic mass is 19.3. The maximum atomic E-state index is 12.9. The number of carbonyl (C=O) groups excluding carboxylic acids is 1. The molecule has 1 aliphatic heterocycles. The largest absolute Gasteiger partial charge is 0.586 e. The standard InChI is InChI=1S/C15H17F2N3O3/c1-9(2)14(3,8-18)20-13(21)7-19-10-4-5-11-12(6-10)23-15(16,17)22-11/h4-6,9,19H,7H2,1-3H3,(H,20,21)/t14-/m0/s1. The number of rotatable bonds is 5. The summed E-state index contributed by atoms with van der Waals surface area (Å²) in [6, 6.07) is 6.20. The van der Waals surface area contributed by atoms with E-state index in [1.807, 2.05) is 13.8 Å². The van der Waals surface area contributed by atoms with Crippen LogP contribution in [0.5, 0.6) is 11.5 Å². The predicted molar refractivity (Wildman–Crippen MR) is 78.1 cm³/mol. The van der Waals surface area contributed by atoms with Crippen LogP contribution in [0.2, 0.25) is 0 Å². The molecule has 1 aliphatic rings. The summed E-state index contributed by atoms with van der Waals surface area (Å²) in [5.74, 6) is -0.624. The molecule has 124 valence electrons. The topological polar surface area (TPSA) is 83.4 Å².